The summed E-state index contributed by atoms with van der Waals surface area (Å²) in [5, 5.41) is 7.37. The summed E-state index contributed by atoms with van der Waals surface area (Å²) >= 11 is 6.02. The molecule has 0 unspecified atom stereocenters. The number of benzene rings is 1. The molecule has 24 heavy (non-hydrogen) atoms. The molecule has 0 aliphatic rings. The average molecular weight is 346 g/mol. The van der Waals surface area contributed by atoms with Crippen molar-refractivity contribution in [3.05, 3.63) is 59.4 Å². The van der Waals surface area contributed by atoms with Crippen molar-refractivity contribution in [1.29, 1.82) is 0 Å². The Labute approximate surface area is 144 Å². The van der Waals surface area contributed by atoms with Crippen molar-refractivity contribution in [3.63, 3.8) is 0 Å². The van der Waals surface area contributed by atoms with E-state index in [4.69, 9.17) is 20.8 Å². The van der Waals surface area contributed by atoms with Crippen LogP contribution >= 0.6 is 11.6 Å². The molecule has 2 aromatic heterocycles. The van der Waals surface area contributed by atoms with Crippen LogP contribution < -0.4 is 4.74 Å². The maximum Gasteiger partial charge on any atom is 0.274 e. The summed E-state index contributed by atoms with van der Waals surface area (Å²) in [6.45, 7) is 0.744. The van der Waals surface area contributed by atoms with Crippen LogP contribution in [0.2, 0.25) is 5.02 Å². The van der Waals surface area contributed by atoms with Crippen molar-refractivity contribution in [1.82, 2.24) is 15.1 Å². The largest absolute Gasteiger partial charge is 0.490 e. The number of hydrogen-bond acceptors (Lipinski definition) is 4. The normalized spacial score (nSPS) is 10.6. The molecule has 0 radical (unpaired) electrons. The van der Waals surface area contributed by atoms with E-state index in [1.807, 2.05) is 12.1 Å². The fourth-order valence-electron chi connectivity index (χ4n) is 2.14. The van der Waals surface area contributed by atoms with E-state index in [1.54, 1.807) is 48.5 Å². The topological polar surface area (TPSA) is 71.4 Å². The standard InChI is InChI=1S/C17H16ClN3O3/c1-21(8-10-24-15-6-3-2-5-12(15)18)17(22)14-11-13(19-20-14)16-7-4-9-23-16/h2-7,9,11H,8,10H2,1H3,(H,19,20). The number of ether oxygens (including phenoxy) is 1. The van der Waals surface area contributed by atoms with Crippen LogP contribution in [0.3, 0.4) is 0 Å². The number of likely N-dealkylation sites (N-methyl/N-ethyl adjacent to an activating group) is 1. The molecule has 7 heteroatoms. The van der Waals surface area contributed by atoms with Crippen LogP contribution in [-0.2, 0) is 0 Å². The smallest absolute Gasteiger partial charge is 0.274 e. The first-order chi connectivity index (χ1) is 11.6. The quantitative estimate of drug-likeness (QED) is 0.742. The first-order valence-corrected chi connectivity index (χ1v) is 7.75. The summed E-state index contributed by atoms with van der Waals surface area (Å²) in [5.74, 6) is 1.03. The van der Waals surface area contributed by atoms with Crippen molar-refractivity contribution in [3.8, 4) is 17.2 Å². The number of furan rings is 1. The SMILES string of the molecule is CN(CCOc1ccccc1Cl)C(=O)c1cc(-c2ccco2)[nH]n1. The molecule has 1 aromatic carbocycles. The molecule has 3 aromatic rings. The van der Waals surface area contributed by atoms with E-state index in [2.05, 4.69) is 10.2 Å². The molecule has 0 saturated heterocycles. The summed E-state index contributed by atoms with van der Waals surface area (Å²) in [7, 11) is 1.69. The Kier molecular flexibility index (Phi) is 4.86. The molecule has 0 bridgehead atoms. The number of carbonyl (C=O) groups is 1. The highest BCUT2D eigenvalue weighted by Gasteiger charge is 2.16. The minimum absolute atomic E-state index is 0.202. The predicted octanol–water partition coefficient (Wildman–Crippen LogP) is 3.47. The van der Waals surface area contributed by atoms with Gasteiger partial charge in [-0.25, -0.2) is 0 Å². The molecule has 0 spiro atoms. The Morgan fingerprint density at radius 2 is 2.17 bits per heavy atom. The lowest BCUT2D eigenvalue weighted by molar-refractivity contribution is 0.0768. The van der Waals surface area contributed by atoms with Crippen LogP contribution in [0.1, 0.15) is 10.5 Å². The first kappa shape index (κ1) is 16.1. The summed E-state index contributed by atoms with van der Waals surface area (Å²) in [4.78, 5) is 13.9. The Morgan fingerprint density at radius 3 is 2.92 bits per heavy atom. The zero-order chi connectivity index (χ0) is 16.9. The molecule has 0 aliphatic heterocycles. The van der Waals surface area contributed by atoms with E-state index >= 15 is 0 Å². The van der Waals surface area contributed by atoms with Gasteiger partial charge in [-0.15, -0.1) is 0 Å². The highest BCUT2D eigenvalue weighted by atomic mass is 35.5. The fraction of sp³-hybridized carbons (Fsp3) is 0.176. The van der Waals surface area contributed by atoms with Crippen LogP contribution in [-0.4, -0.2) is 41.2 Å². The third kappa shape index (κ3) is 3.60. The van der Waals surface area contributed by atoms with Crippen molar-refractivity contribution in [2.45, 2.75) is 0 Å². The van der Waals surface area contributed by atoms with E-state index < -0.39 is 0 Å². The molecule has 0 aliphatic carbocycles. The Bertz CT molecular complexity index is 814. The average Bonchev–Trinajstić information content (AvgIpc) is 3.27. The van der Waals surface area contributed by atoms with Gasteiger partial charge in [-0.05, 0) is 24.3 Å². The number of H-pyrrole nitrogens is 1. The highest BCUT2D eigenvalue weighted by molar-refractivity contribution is 6.32. The van der Waals surface area contributed by atoms with Crippen molar-refractivity contribution in [2.75, 3.05) is 20.2 Å². The number of rotatable bonds is 6. The minimum atomic E-state index is -0.202. The first-order valence-electron chi connectivity index (χ1n) is 7.37. The maximum atomic E-state index is 12.4. The number of nitrogens with zero attached hydrogens (tertiary/aromatic N) is 2. The lowest BCUT2D eigenvalue weighted by Crippen LogP contribution is -2.31. The van der Waals surface area contributed by atoms with Crippen molar-refractivity contribution < 1.29 is 13.9 Å². The van der Waals surface area contributed by atoms with Crippen LogP contribution in [0.4, 0.5) is 0 Å². The van der Waals surface area contributed by atoms with Crippen molar-refractivity contribution >= 4 is 17.5 Å². The zero-order valence-electron chi connectivity index (χ0n) is 13.0. The summed E-state index contributed by atoms with van der Waals surface area (Å²) in [6, 6.07) is 12.4. The fourth-order valence-corrected chi connectivity index (χ4v) is 2.33. The molecular formula is C17H16ClN3O3. The van der Waals surface area contributed by atoms with Gasteiger partial charge in [-0.1, -0.05) is 23.7 Å². The van der Waals surface area contributed by atoms with Gasteiger partial charge in [-0.2, -0.15) is 5.10 Å². The van der Waals surface area contributed by atoms with E-state index in [0.29, 0.717) is 41.1 Å². The summed E-state index contributed by atoms with van der Waals surface area (Å²) in [6.07, 6.45) is 1.57. The number of para-hydroxylation sites is 1. The lowest BCUT2D eigenvalue weighted by atomic mass is 10.3. The molecule has 0 saturated carbocycles. The van der Waals surface area contributed by atoms with Gasteiger partial charge in [0.15, 0.2) is 11.5 Å². The van der Waals surface area contributed by atoms with Crippen LogP contribution in [0, 0.1) is 0 Å². The molecule has 1 amide bonds. The second kappa shape index (κ2) is 7.23. The van der Waals surface area contributed by atoms with Crippen LogP contribution in [0.25, 0.3) is 11.5 Å². The number of hydrogen-bond donors (Lipinski definition) is 1. The Morgan fingerprint density at radius 1 is 1.33 bits per heavy atom. The molecule has 1 N–H and O–H groups in total. The zero-order valence-corrected chi connectivity index (χ0v) is 13.8. The number of halogens is 1. The molecule has 2 heterocycles. The molecular weight excluding hydrogens is 330 g/mol. The van der Waals surface area contributed by atoms with E-state index in [-0.39, 0.29) is 5.91 Å². The van der Waals surface area contributed by atoms with Gasteiger partial charge in [0.1, 0.15) is 18.1 Å². The third-order valence-corrected chi connectivity index (χ3v) is 3.76. The van der Waals surface area contributed by atoms with E-state index in [1.165, 1.54) is 0 Å². The van der Waals surface area contributed by atoms with Crippen LogP contribution in [0.15, 0.2) is 53.1 Å². The lowest BCUT2D eigenvalue weighted by Gasteiger charge is -2.16. The van der Waals surface area contributed by atoms with Gasteiger partial charge in [0.2, 0.25) is 0 Å². The number of amides is 1. The van der Waals surface area contributed by atoms with Gasteiger partial charge in [-0.3, -0.25) is 9.89 Å². The number of nitrogens with one attached hydrogen (secondary N) is 1. The number of aromatic nitrogens is 2. The van der Waals surface area contributed by atoms with Gasteiger partial charge >= 0.3 is 0 Å². The van der Waals surface area contributed by atoms with Gasteiger partial charge < -0.3 is 14.1 Å². The third-order valence-electron chi connectivity index (χ3n) is 3.45. The molecule has 124 valence electrons. The molecule has 0 atom stereocenters. The second-order valence-corrected chi connectivity index (χ2v) is 5.56. The maximum absolute atomic E-state index is 12.4. The highest BCUT2D eigenvalue weighted by Crippen LogP contribution is 2.23. The Balaban J connectivity index is 1.56. The predicted molar refractivity (Wildman–Crippen MR) is 90.2 cm³/mol. The summed E-state index contributed by atoms with van der Waals surface area (Å²) in [5.41, 5.74) is 0.978. The van der Waals surface area contributed by atoms with Crippen molar-refractivity contribution in [2.24, 2.45) is 0 Å². The number of carbonyl (C=O) groups excluding carboxylic acids is 1. The van der Waals surface area contributed by atoms with Gasteiger partial charge in [0.05, 0.1) is 17.8 Å². The van der Waals surface area contributed by atoms with E-state index in [9.17, 15) is 4.79 Å². The van der Waals surface area contributed by atoms with Crippen LogP contribution in [0.5, 0.6) is 5.75 Å². The monoisotopic (exact) mass is 345 g/mol. The minimum Gasteiger partial charge on any atom is -0.490 e. The second-order valence-electron chi connectivity index (χ2n) is 5.15. The molecule has 0 fully saturated rings. The van der Waals surface area contributed by atoms with Gasteiger partial charge in [0, 0.05) is 13.1 Å². The molecule has 3 rings (SSSR count). The number of aromatic amines is 1. The molecule has 6 nitrogen and oxygen atoms in total. The Hall–Kier alpha value is -2.73. The van der Waals surface area contributed by atoms with Gasteiger partial charge in [0.25, 0.3) is 5.91 Å². The summed E-state index contributed by atoms with van der Waals surface area (Å²) < 4.78 is 10.9. The van der Waals surface area contributed by atoms with E-state index in [0.717, 1.165) is 0 Å².